The Morgan fingerprint density at radius 1 is 0.914 bits per heavy atom. The lowest BCUT2D eigenvalue weighted by molar-refractivity contribution is -0.207. The number of benzene rings is 2. The molecule has 188 valence electrons. The lowest BCUT2D eigenvalue weighted by Gasteiger charge is -2.59. The highest BCUT2D eigenvalue weighted by Crippen LogP contribution is 2.59. The van der Waals surface area contributed by atoms with Gasteiger partial charge in [0.05, 0.1) is 5.92 Å². The molecule has 2 aromatic rings. The Labute approximate surface area is 211 Å². The number of phenolic OH excluding ortho intramolecular Hbond substituents is 1. The van der Waals surface area contributed by atoms with Gasteiger partial charge in [-0.15, -0.1) is 0 Å². The van der Waals surface area contributed by atoms with Crippen molar-refractivity contribution in [3.8, 4) is 5.75 Å². The molecule has 4 aliphatic carbocycles. The third-order valence-electron chi connectivity index (χ3n) is 9.85. The van der Waals surface area contributed by atoms with E-state index in [2.05, 4.69) is 51.1 Å². The van der Waals surface area contributed by atoms with Gasteiger partial charge in [0.2, 0.25) is 0 Å². The van der Waals surface area contributed by atoms with E-state index in [9.17, 15) is 9.90 Å². The van der Waals surface area contributed by atoms with Crippen LogP contribution in [0.2, 0.25) is 0 Å². The van der Waals surface area contributed by atoms with E-state index in [1.54, 1.807) is 12.1 Å². The van der Waals surface area contributed by atoms with Crippen LogP contribution in [0.5, 0.6) is 5.75 Å². The average Bonchev–Trinajstić information content (AvgIpc) is 2.85. The molecule has 0 saturated heterocycles. The summed E-state index contributed by atoms with van der Waals surface area (Å²) >= 11 is 0. The number of carbonyl (C=O) groups excluding carboxylic acids is 1. The first-order valence-electron chi connectivity index (χ1n) is 13.9. The fraction of sp³-hybridized carbons (Fsp3) is 0.594. The monoisotopic (exact) mass is 474 g/mol. The van der Waals surface area contributed by atoms with Crippen molar-refractivity contribution in [3.05, 3.63) is 65.7 Å². The number of ether oxygens (including phenoxy) is 1. The van der Waals surface area contributed by atoms with Gasteiger partial charge < -0.3 is 9.84 Å². The summed E-state index contributed by atoms with van der Waals surface area (Å²) in [7, 11) is 0. The Morgan fingerprint density at radius 2 is 1.51 bits per heavy atom. The van der Waals surface area contributed by atoms with Gasteiger partial charge in [-0.05, 0) is 117 Å². The molecule has 4 saturated carbocycles. The molecule has 3 heteroatoms. The van der Waals surface area contributed by atoms with Gasteiger partial charge in [0, 0.05) is 0 Å². The predicted molar refractivity (Wildman–Crippen MR) is 140 cm³/mol. The third kappa shape index (κ3) is 5.01. The van der Waals surface area contributed by atoms with Crippen molar-refractivity contribution in [2.24, 2.45) is 29.6 Å². The van der Waals surface area contributed by atoms with Crippen molar-refractivity contribution in [1.29, 1.82) is 0 Å². The molecule has 4 fully saturated rings. The molecule has 1 N–H and O–H groups in total. The Balaban J connectivity index is 1.31. The Bertz CT molecular complexity index is 967. The summed E-state index contributed by atoms with van der Waals surface area (Å²) in [5.41, 5.74) is 2.25. The van der Waals surface area contributed by atoms with E-state index in [0.29, 0.717) is 23.5 Å². The van der Waals surface area contributed by atoms with Crippen LogP contribution < -0.4 is 0 Å². The highest BCUT2D eigenvalue weighted by molar-refractivity contribution is 5.73. The molecular weight excluding hydrogens is 432 g/mol. The predicted octanol–water partition coefficient (Wildman–Crippen LogP) is 7.84. The second kappa shape index (κ2) is 9.99. The quantitative estimate of drug-likeness (QED) is 0.377. The summed E-state index contributed by atoms with van der Waals surface area (Å²) < 4.78 is 6.54. The second-order valence-electron chi connectivity index (χ2n) is 12.1. The van der Waals surface area contributed by atoms with Crippen LogP contribution in [0.3, 0.4) is 0 Å². The lowest BCUT2D eigenvalue weighted by atomic mass is 9.50. The molecule has 3 unspecified atom stereocenters. The van der Waals surface area contributed by atoms with Gasteiger partial charge in [0.15, 0.2) is 0 Å². The van der Waals surface area contributed by atoms with Crippen molar-refractivity contribution in [2.75, 3.05) is 0 Å². The van der Waals surface area contributed by atoms with Gasteiger partial charge in [-0.2, -0.15) is 0 Å². The molecular formula is C32H42O3. The fourth-order valence-corrected chi connectivity index (χ4v) is 7.82. The van der Waals surface area contributed by atoms with Crippen molar-refractivity contribution >= 4 is 5.97 Å². The molecule has 3 atom stereocenters. The van der Waals surface area contributed by atoms with E-state index in [-0.39, 0.29) is 23.4 Å². The van der Waals surface area contributed by atoms with Gasteiger partial charge in [-0.25, -0.2) is 0 Å². The summed E-state index contributed by atoms with van der Waals surface area (Å²) in [6, 6.07) is 18.2. The molecule has 0 heterocycles. The molecule has 35 heavy (non-hydrogen) atoms. The molecule has 6 rings (SSSR count). The van der Waals surface area contributed by atoms with Crippen LogP contribution in [0, 0.1) is 29.6 Å². The second-order valence-corrected chi connectivity index (χ2v) is 12.1. The minimum atomic E-state index is -0.264. The van der Waals surface area contributed by atoms with Crippen LogP contribution in [-0.4, -0.2) is 16.7 Å². The largest absolute Gasteiger partial charge is 0.508 e. The maximum absolute atomic E-state index is 13.7. The van der Waals surface area contributed by atoms with Gasteiger partial charge in [-0.1, -0.05) is 56.3 Å². The van der Waals surface area contributed by atoms with E-state index in [4.69, 9.17) is 4.74 Å². The molecule has 0 aromatic heterocycles. The lowest BCUT2D eigenvalue weighted by Crippen LogP contribution is -2.58. The van der Waals surface area contributed by atoms with Crippen LogP contribution in [0.4, 0.5) is 0 Å². The normalized spacial score (nSPS) is 31.6. The zero-order chi connectivity index (χ0) is 24.6. The van der Waals surface area contributed by atoms with Gasteiger partial charge in [-0.3, -0.25) is 4.79 Å². The Hall–Kier alpha value is -2.29. The molecule has 2 aromatic carbocycles. The van der Waals surface area contributed by atoms with Crippen molar-refractivity contribution < 1.29 is 14.6 Å². The van der Waals surface area contributed by atoms with Crippen molar-refractivity contribution in [2.45, 2.75) is 89.6 Å². The van der Waals surface area contributed by atoms with E-state index >= 15 is 0 Å². The van der Waals surface area contributed by atoms with Crippen LogP contribution in [0.1, 0.15) is 95.1 Å². The maximum Gasteiger partial charge on any atom is 0.309 e. The topological polar surface area (TPSA) is 46.5 Å². The smallest absolute Gasteiger partial charge is 0.309 e. The number of hydrogen-bond acceptors (Lipinski definition) is 3. The maximum atomic E-state index is 13.7. The molecule has 4 aliphatic rings. The molecule has 4 bridgehead atoms. The highest BCUT2D eigenvalue weighted by atomic mass is 16.6. The summed E-state index contributed by atoms with van der Waals surface area (Å²) in [5.74, 6) is 3.71. The summed E-state index contributed by atoms with van der Waals surface area (Å²) in [4.78, 5) is 13.7. The minimum absolute atomic E-state index is 0.0284. The zero-order valence-electron chi connectivity index (χ0n) is 21.7. The van der Waals surface area contributed by atoms with Crippen LogP contribution in [-0.2, 0) is 9.53 Å². The molecule has 0 aliphatic heterocycles. The van der Waals surface area contributed by atoms with E-state index in [1.807, 2.05) is 12.1 Å². The first-order valence-corrected chi connectivity index (χ1v) is 13.9. The number of carbonyl (C=O) groups is 1. The SMILES string of the molecule is CCC(CC(CC(C)c1ccc(O)cc1)c1ccccc1)C(=O)OC1(C)C2CC3CC(C2)CC1C3. The fourth-order valence-electron chi connectivity index (χ4n) is 7.82. The number of hydrogen-bond donors (Lipinski definition) is 1. The first kappa shape index (κ1) is 24.4. The molecule has 0 amide bonds. The highest BCUT2D eigenvalue weighted by Gasteiger charge is 2.57. The minimum Gasteiger partial charge on any atom is -0.508 e. The molecule has 0 spiro atoms. The summed E-state index contributed by atoms with van der Waals surface area (Å²) in [5, 5.41) is 9.69. The first-order chi connectivity index (χ1) is 16.9. The van der Waals surface area contributed by atoms with E-state index in [1.165, 1.54) is 43.2 Å². The van der Waals surface area contributed by atoms with E-state index < -0.39 is 0 Å². The summed E-state index contributed by atoms with van der Waals surface area (Å²) in [6.07, 6.45) is 9.02. The van der Waals surface area contributed by atoms with Gasteiger partial charge in [0.1, 0.15) is 11.4 Å². The zero-order valence-corrected chi connectivity index (χ0v) is 21.7. The average molecular weight is 475 g/mol. The standard InChI is InChI=1S/C32H42O3/c1-4-24(31(34)35-32(3)28-16-22-15-23(18-28)19-29(32)17-22)20-27(26-8-6-5-7-9-26)14-21(2)25-10-12-30(33)13-11-25/h5-13,21-24,27-29,33H,4,14-20H2,1-3H3. The number of aromatic hydroxyl groups is 1. The number of esters is 1. The van der Waals surface area contributed by atoms with Crippen LogP contribution in [0.25, 0.3) is 0 Å². The Kier molecular flexibility index (Phi) is 6.97. The number of rotatable bonds is 9. The molecule has 0 radical (unpaired) electrons. The van der Waals surface area contributed by atoms with E-state index in [0.717, 1.165) is 31.1 Å². The molecule has 3 nitrogen and oxygen atoms in total. The van der Waals surface area contributed by atoms with Crippen molar-refractivity contribution in [1.82, 2.24) is 0 Å². The van der Waals surface area contributed by atoms with Crippen molar-refractivity contribution in [3.63, 3.8) is 0 Å². The van der Waals surface area contributed by atoms with Gasteiger partial charge >= 0.3 is 5.97 Å². The summed E-state index contributed by atoms with van der Waals surface area (Å²) in [6.45, 7) is 6.64. The third-order valence-corrected chi connectivity index (χ3v) is 9.85. The Morgan fingerprint density at radius 3 is 2.09 bits per heavy atom. The number of phenols is 1. The van der Waals surface area contributed by atoms with Crippen LogP contribution >= 0.6 is 0 Å². The van der Waals surface area contributed by atoms with Crippen LogP contribution in [0.15, 0.2) is 54.6 Å². The van der Waals surface area contributed by atoms with Gasteiger partial charge in [0.25, 0.3) is 0 Å².